The number of hydrogen-bond donors (Lipinski definition) is 1. The van der Waals surface area contributed by atoms with Gasteiger partial charge in [-0.25, -0.2) is 4.79 Å². The third kappa shape index (κ3) is 9.42. The standard InChI is InChI=1S/C29H45N3O7/c1-21(6-9-24-16-29(20-37-29)19-28(3,4)39-24)7-11-26-35-17-23(18-36-26)30-25(33)10-8-22(2)38-27(34)32-14-12-31(5)13-15-32/h6-10,22-24,26H,11-20H2,1-5H3,(H,30,33)/t22?,23?,24-,26?,29-/m1/s1. The quantitative estimate of drug-likeness (QED) is 0.281. The molecule has 39 heavy (non-hydrogen) atoms. The second-order valence-corrected chi connectivity index (χ2v) is 11.9. The lowest BCUT2D eigenvalue weighted by atomic mass is 9.85. The van der Waals surface area contributed by atoms with Gasteiger partial charge in [0, 0.05) is 51.5 Å². The minimum absolute atomic E-state index is 0.00948. The first-order chi connectivity index (χ1) is 18.5. The molecule has 1 spiro atoms. The number of nitrogens with one attached hydrogen (secondary N) is 1. The number of likely N-dealkylation sites (N-methyl/N-ethyl adjacent to an activating group) is 1. The molecule has 0 aromatic heterocycles. The van der Waals surface area contributed by atoms with E-state index in [2.05, 4.69) is 49.2 Å². The van der Waals surface area contributed by atoms with Crippen LogP contribution in [0.25, 0.3) is 0 Å². The summed E-state index contributed by atoms with van der Waals surface area (Å²) in [5, 5.41) is 2.87. The molecular formula is C29H45N3O7. The maximum atomic E-state index is 12.3. The first-order valence-corrected chi connectivity index (χ1v) is 14.0. The van der Waals surface area contributed by atoms with Crippen LogP contribution in [0.5, 0.6) is 0 Å². The Bertz CT molecular complexity index is 937. The number of epoxide rings is 1. The van der Waals surface area contributed by atoms with Gasteiger partial charge in [0.25, 0.3) is 0 Å². The lowest BCUT2D eigenvalue weighted by Gasteiger charge is -2.38. The van der Waals surface area contributed by atoms with Gasteiger partial charge in [-0.3, -0.25) is 4.79 Å². The topological polar surface area (TPSA) is 102 Å². The molecular weight excluding hydrogens is 502 g/mol. The third-order valence-electron chi connectivity index (χ3n) is 7.43. The Morgan fingerprint density at radius 3 is 2.49 bits per heavy atom. The van der Waals surface area contributed by atoms with Gasteiger partial charge in [-0.2, -0.15) is 0 Å². The van der Waals surface area contributed by atoms with E-state index >= 15 is 0 Å². The highest BCUT2D eigenvalue weighted by molar-refractivity contribution is 5.87. The fourth-order valence-corrected chi connectivity index (χ4v) is 5.24. The number of piperazine rings is 1. The summed E-state index contributed by atoms with van der Waals surface area (Å²) in [7, 11) is 2.03. The van der Waals surface area contributed by atoms with Crippen molar-refractivity contribution in [3.8, 4) is 0 Å². The van der Waals surface area contributed by atoms with E-state index in [0.717, 1.165) is 38.1 Å². The second kappa shape index (κ2) is 13.0. The smallest absolute Gasteiger partial charge is 0.410 e. The van der Waals surface area contributed by atoms with Crippen LogP contribution in [0.15, 0.2) is 36.0 Å². The fraction of sp³-hybridized carbons (Fsp3) is 0.724. The molecule has 3 atom stereocenters. The lowest BCUT2D eigenvalue weighted by molar-refractivity contribution is -0.187. The Hall–Kier alpha value is -2.24. The average molecular weight is 548 g/mol. The third-order valence-corrected chi connectivity index (χ3v) is 7.43. The van der Waals surface area contributed by atoms with Crippen molar-refractivity contribution in [2.45, 2.75) is 82.7 Å². The molecule has 4 aliphatic heterocycles. The van der Waals surface area contributed by atoms with Gasteiger partial charge in [-0.05, 0) is 40.8 Å². The number of allylic oxidation sites excluding steroid dienone is 2. The van der Waals surface area contributed by atoms with Crippen molar-refractivity contribution in [3.63, 3.8) is 0 Å². The van der Waals surface area contributed by atoms with Gasteiger partial charge < -0.3 is 38.8 Å². The Labute approximate surface area is 232 Å². The Morgan fingerprint density at radius 1 is 1.13 bits per heavy atom. The molecule has 0 aromatic carbocycles. The summed E-state index contributed by atoms with van der Waals surface area (Å²) >= 11 is 0. The fourth-order valence-electron chi connectivity index (χ4n) is 5.24. The molecule has 1 unspecified atom stereocenters. The summed E-state index contributed by atoms with van der Waals surface area (Å²) in [6.07, 6.45) is 10.6. The summed E-state index contributed by atoms with van der Waals surface area (Å²) in [5.74, 6) is -0.277. The Kier molecular flexibility index (Phi) is 9.87. The number of nitrogens with zero attached hydrogens (tertiary/aromatic N) is 2. The molecule has 2 amide bonds. The van der Waals surface area contributed by atoms with Crippen LogP contribution in [-0.2, 0) is 28.5 Å². The van der Waals surface area contributed by atoms with Crippen LogP contribution >= 0.6 is 0 Å². The second-order valence-electron chi connectivity index (χ2n) is 11.9. The molecule has 4 rings (SSSR count). The summed E-state index contributed by atoms with van der Waals surface area (Å²) in [6, 6.07) is -0.240. The number of carbonyl (C=O) groups excluding carboxylic acids is 2. The first-order valence-electron chi connectivity index (χ1n) is 14.0. The molecule has 0 aromatic rings. The predicted octanol–water partition coefficient (Wildman–Crippen LogP) is 2.79. The molecule has 10 heteroatoms. The molecule has 0 bridgehead atoms. The molecule has 1 N–H and O–H groups in total. The summed E-state index contributed by atoms with van der Waals surface area (Å²) in [4.78, 5) is 28.4. The Morgan fingerprint density at radius 2 is 1.82 bits per heavy atom. The minimum Gasteiger partial charge on any atom is -0.442 e. The van der Waals surface area contributed by atoms with E-state index < -0.39 is 6.10 Å². The molecule has 10 nitrogen and oxygen atoms in total. The van der Waals surface area contributed by atoms with Crippen LogP contribution in [0.3, 0.4) is 0 Å². The van der Waals surface area contributed by atoms with Crippen LogP contribution in [-0.4, -0.2) is 111 Å². The van der Waals surface area contributed by atoms with Crippen LogP contribution in [0.4, 0.5) is 4.79 Å². The van der Waals surface area contributed by atoms with Crippen molar-refractivity contribution in [2.24, 2.45) is 0 Å². The van der Waals surface area contributed by atoms with Gasteiger partial charge in [0.15, 0.2) is 6.29 Å². The zero-order chi connectivity index (χ0) is 28.0. The number of rotatable bonds is 8. The van der Waals surface area contributed by atoms with E-state index in [1.165, 1.54) is 6.08 Å². The van der Waals surface area contributed by atoms with Gasteiger partial charge in [0.1, 0.15) is 6.10 Å². The summed E-state index contributed by atoms with van der Waals surface area (Å²) in [5.41, 5.74) is 0.945. The zero-order valence-corrected chi connectivity index (χ0v) is 24.0. The van der Waals surface area contributed by atoms with Gasteiger partial charge >= 0.3 is 6.09 Å². The predicted molar refractivity (Wildman–Crippen MR) is 146 cm³/mol. The number of hydrogen-bond acceptors (Lipinski definition) is 8. The number of ether oxygens (including phenoxy) is 5. The van der Waals surface area contributed by atoms with Crippen molar-refractivity contribution >= 4 is 12.0 Å². The van der Waals surface area contributed by atoms with Crippen LogP contribution in [0.2, 0.25) is 0 Å². The van der Waals surface area contributed by atoms with E-state index in [4.69, 9.17) is 23.7 Å². The highest BCUT2D eigenvalue weighted by atomic mass is 16.7. The largest absolute Gasteiger partial charge is 0.442 e. The maximum Gasteiger partial charge on any atom is 0.410 e. The van der Waals surface area contributed by atoms with Crippen LogP contribution in [0.1, 0.15) is 47.0 Å². The normalized spacial score (nSPS) is 32.5. The van der Waals surface area contributed by atoms with E-state index in [1.54, 1.807) is 17.9 Å². The van der Waals surface area contributed by atoms with Crippen molar-refractivity contribution in [1.82, 2.24) is 15.1 Å². The number of amides is 2. The molecule has 218 valence electrons. The van der Waals surface area contributed by atoms with Crippen molar-refractivity contribution in [1.29, 1.82) is 0 Å². The average Bonchev–Trinajstić information content (AvgIpc) is 3.62. The lowest BCUT2D eigenvalue weighted by Crippen LogP contribution is -2.47. The Balaban J connectivity index is 1.11. The van der Waals surface area contributed by atoms with Gasteiger partial charge in [-0.15, -0.1) is 0 Å². The van der Waals surface area contributed by atoms with E-state index in [9.17, 15) is 9.59 Å². The molecule has 0 radical (unpaired) electrons. The zero-order valence-electron chi connectivity index (χ0n) is 24.0. The molecule has 4 aliphatic rings. The molecule has 4 fully saturated rings. The highest BCUT2D eigenvalue weighted by Crippen LogP contribution is 2.46. The molecule has 0 aliphatic carbocycles. The SMILES string of the molecule is CC(C=C[C@@H]1C[C@]2(CO2)CC(C)(C)O1)=CCC1OCC(NC(=O)C=CC(C)OC(=O)N2CCN(C)CC2)CO1. The van der Waals surface area contributed by atoms with E-state index in [0.29, 0.717) is 32.7 Å². The van der Waals surface area contributed by atoms with Crippen molar-refractivity contribution in [3.05, 3.63) is 36.0 Å². The summed E-state index contributed by atoms with van der Waals surface area (Å²) in [6.45, 7) is 12.5. The van der Waals surface area contributed by atoms with Gasteiger partial charge in [0.2, 0.25) is 5.91 Å². The monoisotopic (exact) mass is 547 g/mol. The number of carbonyl (C=O) groups is 2. The van der Waals surface area contributed by atoms with Crippen LogP contribution in [0, 0.1) is 0 Å². The van der Waals surface area contributed by atoms with Gasteiger partial charge in [0.05, 0.1) is 43.2 Å². The summed E-state index contributed by atoms with van der Waals surface area (Å²) < 4.78 is 29.0. The molecule has 4 heterocycles. The van der Waals surface area contributed by atoms with Crippen molar-refractivity contribution in [2.75, 3.05) is 53.0 Å². The van der Waals surface area contributed by atoms with E-state index in [-0.39, 0.29) is 41.6 Å². The van der Waals surface area contributed by atoms with Crippen molar-refractivity contribution < 1.29 is 33.3 Å². The maximum absolute atomic E-state index is 12.3. The molecule has 0 saturated carbocycles. The van der Waals surface area contributed by atoms with Crippen LogP contribution < -0.4 is 5.32 Å². The first kappa shape index (κ1) is 29.7. The highest BCUT2D eigenvalue weighted by Gasteiger charge is 2.53. The molecule has 4 saturated heterocycles. The minimum atomic E-state index is -0.505. The van der Waals surface area contributed by atoms with E-state index in [1.807, 2.05) is 7.05 Å². The van der Waals surface area contributed by atoms with Gasteiger partial charge in [-0.1, -0.05) is 23.8 Å².